The summed E-state index contributed by atoms with van der Waals surface area (Å²) in [5.41, 5.74) is 0. The van der Waals surface area contributed by atoms with Crippen molar-refractivity contribution in [1.29, 1.82) is 0 Å². The molecule has 0 radical (unpaired) electrons. The molecule has 0 N–H and O–H groups in total. The van der Waals surface area contributed by atoms with Crippen molar-refractivity contribution in [3.8, 4) is 0 Å². The van der Waals surface area contributed by atoms with Crippen LogP contribution in [0.15, 0.2) is 12.7 Å². The second kappa shape index (κ2) is 9.05. The molecule has 0 atom stereocenters. The van der Waals surface area contributed by atoms with Crippen molar-refractivity contribution >= 4 is 8.56 Å². The van der Waals surface area contributed by atoms with Crippen molar-refractivity contribution in [2.45, 2.75) is 12.6 Å². The molecule has 5 heteroatoms. The fourth-order valence-corrected chi connectivity index (χ4v) is 2.98. The standard InChI is InChI=1S/C10H22O4Si/c1-5-10-15(4,13-8-6-11-2)14-9-7-12-3/h5H,1,6-10H2,2-4H3. The zero-order valence-electron chi connectivity index (χ0n) is 9.95. The number of allylic oxidation sites excluding steroid dienone is 1. The lowest BCUT2D eigenvalue weighted by Crippen LogP contribution is -2.40. The van der Waals surface area contributed by atoms with Crippen molar-refractivity contribution < 1.29 is 18.3 Å². The van der Waals surface area contributed by atoms with Gasteiger partial charge in [0, 0.05) is 20.3 Å². The van der Waals surface area contributed by atoms with Gasteiger partial charge in [0.1, 0.15) is 0 Å². The van der Waals surface area contributed by atoms with Crippen LogP contribution in [0.2, 0.25) is 12.6 Å². The molecule has 90 valence electrons. The van der Waals surface area contributed by atoms with E-state index in [4.69, 9.17) is 18.3 Å². The first-order chi connectivity index (χ1) is 7.18. The Balaban J connectivity index is 3.88. The molecule has 0 aliphatic rings. The van der Waals surface area contributed by atoms with Crippen LogP contribution in [-0.4, -0.2) is 49.2 Å². The van der Waals surface area contributed by atoms with E-state index in [-0.39, 0.29) is 0 Å². The predicted molar refractivity (Wildman–Crippen MR) is 62.3 cm³/mol. The fraction of sp³-hybridized carbons (Fsp3) is 0.800. The predicted octanol–water partition coefficient (Wildman–Crippen LogP) is 1.57. The van der Waals surface area contributed by atoms with Crippen LogP contribution in [0.4, 0.5) is 0 Å². The van der Waals surface area contributed by atoms with Gasteiger partial charge in [0.25, 0.3) is 0 Å². The van der Waals surface area contributed by atoms with Crippen LogP contribution in [0.1, 0.15) is 0 Å². The summed E-state index contributed by atoms with van der Waals surface area (Å²) in [6.45, 7) is 8.06. The van der Waals surface area contributed by atoms with Crippen molar-refractivity contribution in [2.24, 2.45) is 0 Å². The second-order valence-corrected chi connectivity index (χ2v) is 6.56. The molecule has 0 aliphatic heterocycles. The molecule has 0 rings (SSSR count). The average molecular weight is 234 g/mol. The Kier molecular flexibility index (Phi) is 8.93. The largest absolute Gasteiger partial charge is 0.392 e. The van der Waals surface area contributed by atoms with Crippen molar-refractivity contribution in [3.05, 3.63) is 12.7 Å². The van der Waals surface area contributed by atoms with Gasteiger partial charge in [-0.1, -0.05) is 6.08 Å². The van der Waals surface area contributed by atoms with Crippen molar-refractivity contribution in [3.63, 3.8) is 0 Å². The minimum Gasteiger partial charge on any atom is -0.392 e. The molecule has 15 heavy (non-hydrogen) atoms. The first-order valence-corrected chi connectivity index (χ1v) is 7.57. The van der Waals surface area contributed by atoms with Gasteiger partial charge >= 0.3 is 8.56 Å². The molecule has 0 bridgehead atoms. The van der Waals surface area contributed by atoms with E-state index < -0.39 is 8.56 Å². The summed E-state index contributed by atoms with van der Waals surface area (Å²) < 4.78 is 21.3. The van der Waals surface area contributed by atoms with Crippen LogP contribution >= 0.6 is 0 Å². The molecular weight excluding hydrogens is 212 g/mol. The highest BCUT2D eigenvalue weighted by molar-refractivity contribution is 6.66. The SMILES string of the molecule is C=CC[Si](C)(OCCOC)OCCOC. The number of hydrogen-bond acceptors (Lipinski definition) is 4. The van der Waals surface area contributed by atoms with Crippen LogP contribution in [0.3, 0.4) is 0 Å². The molecule has 0 heterocycles. The lowest BCUT2D eigenvalue weighted by atomic mass is 10.8. The van der Waals surface area contributed by atoms with E-state index >= 15 is 0 Å². The first-order valence-electron chi connectivity index (χ1n) is 5.05. The zero-order chi connectivity index (χ0) is 11.6. The molecule has 4 nitrogen and oxygen atoms in total. The Morgan fingerprint density at radius 3 is 1.80 bits per heavy atom. The van der Waals surface area contributed by atoms with Gasteiger partial charge in [-0.15, -0.1) is 6.58 Å². The number of methoxy groups -OCH3 is 2. The maximum Gasteiger partial charge on any atom is 0.338 e. The van der Waals surface area contributed by atoms with E-state index in [0.29, 0.717) is 26.4 Å². The van der Waals surface area contributed by atoms with Crippen LogP contribution < -0.4 is 0 Å². The van der Waals surface area contributed by atoms with Gasteiger partial charge in [0.15, 0.2) is 0 Å². The maximum absolute atomic E-state index is 5.72. The molecule has 0 unspecified atom stereocenters. The summed E-state index contributed by atoms with van der Waals surface area (Å²) >= 11 is 0. The van der Waals surface area contributed by atoms with Gasteiger partial charge in [0.2, 0.25) is 0 Å². The van der Waals surface area contributed by atoms with E-state index in [1.807, 2.05) is 12.6 Å². The third-order valence-corrected chi connectivity index (χ3v) is 4.56. The molecular formula is C10H22O4Si. The van der Waals surface area contributed by atoms with E-state index in [2.05, 4.69) is 6.58 Å². The summed E-state index contributed by atoms with van der Waals surface area (Å²) in [6.07, 6.45) is 1.84. The fourth-order valence-electron chi connectivity index (χ4n) is 1.10. The highest BCUT2D eigenvalue weighted by atomic mass is 28.4. The molecule has 0 amide bonds. The van der Waals surface area contributed by atoms with E-state index in [1.54, 1.807) is 14.2 Å². The normalized spacial score (nSPS) is 11.7. The highest BCUT2D eigenvalue weighted by Crippen LogP contribution is 2.13. The van der Waals surface area contributed by atoms with Crippen LogP contribution in [0, 0.1) is 0 Å². The number of rotatable bonds is 10. The maximum atomic E-state index is 5.72. The average Bonchev–Trinajstić information content (AvgIpc) is 2.19. The Labute approximate surface area is 93.4 Å². The molecule has 0 fully saturated rings. The molecule has 0 aromatic heterocycles. The van der Waals surface area contributed by atoms with Gasteiger partial charge in [0.05, 0.1) is 26.4 Å². The summed E-state index contributed by atoms with van der Waals surface area (Å²) in [5, 5.41) is 0. The molecule has 0 aliphatic carbocycles. The summed E-state index contributed by atoms with van der Waals surface area (Å²) in [6, 6.07) is 0.778. The monoisotopic (exact) mass is 234 g/mol. The topological polar surface area (TPSA) is 36.9 Å². The minimum absolute atomic E-state index is 0.569. The molecule has 0 saturated carbocycles. The van der Waals surface area contributed by atoms with Crippen molar-refractivity contribution in [2.75, 3.05) is 40.6 Å². The minimum atomic E-state index is -2.10. The lowest BCUT2D eigenvalue weighted by molar-refractivity contribution is 0.0897. The molecule has 0 saturated heterocycles. The Hall–Kier alpha value is -0.203. The van der Waals surface area contributed by atoms with Gasteiger partial charge in [-0.25, -0.2) is 0 Å². The smallest absolute Gasteiger partial charge is 0.338 e. The number of ether oxygens (including phenoxy) is 2. The Morgan fingerprint density at radius 2 is 1.47 bits per heavy atom. The molecule has 0 spiro atoms. The third kappa shape index (κ3) is 7.69. The quantitative estimate of drug-likeness (QED) is 0.327. The Bertz CT molecular complexity index is 154. The lowest BCUT2D eigenvalue weighted by Gasteiger charge is -2.25. The van der Waals surface area contributed by atoms with Crippen molar-refractivity contribution in [1.82, 2.24) is 0 Å². The van der Waals surface area contributed by atoms with Crippen LogP contribution in [-0.2, 0) is 18.3 Å². The first kappa shape index (κ1) is 14.8. The van der Waals surface area contributed by atoms with Gasteiger partial charge in [-0.2, -0.15) is 0 Å². The molecule has 0 aromatic carbocycles. The van der Waals surface area contributed by atoms with E-state index in [9.17, 15) is 0 Å². The second-order valence-electron chi connectivity index (χ2n) is 3.31. The number of hydrogen-bond donors (Lipinski definition) is 0. The summed E-state index contributed by atoms with van der Waals surface area (Å²) in [4.78, 5) is 0. The van der Waals surface area contributed by atoms with E-state index in [1.165, 1.54) is 0 Å². The van der Waals surface area contributed by atoms with Gasteiger partial charge in [-0.3, -0.25) is 0 Å². The van der Waals surface area contributed by atoms with Crippen LogP contribution in [0.25, 0.3) is 0 Å². The van der Waals surface area contributed by atoms with E-state index in [0.717, 1.165) is 6.04 Å². The van der Waals surface area contributed by atoms with Gasteiger partial charge in [-0.05, 0) is 6.55 Å². The highest BCUT2D eigenvalue weighted by Gasteiger charge is 2.29. The summed E-state index contributed by atoms with van der Waals surface area (Å²) in [7, 11) is 1.21. The summed E-state index contributed by atoms with van der Waals surface area (Å²) in [5.74, 6) is 0. The van der Waals surface area contributed by atoms with Gasteiger partial charge < -0.3 is 18.3 Å². The zero-order valence-corrected chi connectivity index (χ0v) is 11.0. The van der Waals surface area contributed by atoms with Crippen LogP contribution in [0.5, 0.6) is 0 Å². The molecule has 0 aromatic rings. The Morgan fingerprint density at radius 1 is 1.00 bits per heavy atom. The third-order valence-electron chi connectivity index (χ3n) is 1.90.